The molecule has 0 fully saturated rings. The van der Waals surface area contributed by atoms with Gasteiger partial charge in [-0.25, -0.2) is 4.68 Å². The summed E-state index contributed by atoms with van der Waals surface area (Å²) in [6.45, 7) is 0. The van der Waals surface area contributed by atoms with Crippen LogP contribution in [0.1, 0.15) is 31.7 Å². The largest absolute Gasteiger partial charge is 0.357 e. The van der Waals surface area contributed by atoms with Gasteiger partial charge in [0.15, 0.2) is 0 Å². The Hall–Kier alpha value is -2.84. The number of nitrogens with one attached hydrogen (secondary N) is 1. The Morgan fingerprint density at radius 3 is 2.96 bits per heavy atom. The van der Waals surface area contributed by atoms with Crippen LogP contribution in [0.5, 0.6) is 0 Å². The second kappa shape index (κ2) is 6.95. The van der Waals surface area contributed by atoms with E-state index in [1.807, 2.05) is 0 Å². The summed E-state index contributed by atoms with van der Waals surface area (Å²) in [5.74, 6) is -0.483. The molecule has 2 rings (SSSR count). The van der Waals surface area contributed by atoms with Gasteiger partial charge in [0.25, 0.3) is 11.3 Å². The van der Waals surface area contributed by atoms with Gasteiger partial charge in [-0.1, -0.05) is 6.08 Å². The molecule has 1 amide bonds. The van der Waals surface area contributed by atoms with Crippen LogP contribution in [0.4, 0.5) is 0 Å². The van der Waals surface area contributed by atoms with Gasteiger partial charge in [-0.05, 0) is 12.8 Å². The summed E-state index contributed by atoms with van der Waals surface area (Å²) < 4.78 is 0.920. The number of carbonyl (C=O) groups excluding carboxylic acids is 2. The van der Waals surface area contributed by atoms with Gasteiger partial charge in [-0.15, -0.1) is 0 Å². The summed E-state index contributed by atoms with van der Waals surface area (Å²) in [4.78, 5) is 45.8. The van der Waals surface area contributed by atoms with Crippen LogP contribution >= 0.6 is 0 Å². The van der Waals surface area contributed by atoms with E-state index >= 15 is 0 Å². The standard InChI is InChI=1S/C14H16N4O5/c1-15-13(20)11(6-3-7-19)17-14(21)12-9(8-16-17)4-2-5-10(12)18(22)23/h4,7-8,11H,2-3,5-6H2,1H3,(H,15,20). The lowest BCUT2D eigenvalue weighted by Gasteiger charge is -2.16. The van der Waals surface area contributed by atoms with E-state index in [4.69, 9.17) is 0 Å². The maximum Gasteiger partial charge on any atom is 0.281 e. The molecule has 0 saturated heterocycles. The van der Waals surface area contributed by atoms with Crippen molar-refractivity contribution in [2.24, 2.45) is 0 Å². The lowest BCUT2D eigenvalue weighted by atomic mass is 10.1. The van der Waals surface area contributed by atoms with Crippen LogP contribution in [-0.4, -0.2) is 33.9 Å². The lowest BCUT2D eigenvalue weighted by Crippen LogP contribution is -2.52. The van der Waals surface area contributed by atoms with Crippen molar-refractivity contribution in [1.82, 2.24) is 15.1 Å². The Bertz CT molecular complexity index is 827. The van der Waals surface area contributed by atoms with Crippen LogP contribution in [0, 0.1) is 10.1 Å². The average molecular weight is 320 g/mol. The van der Waals surface area contributed by atoms with E-state index in [9.17, 15) is 24.5 Å². The number of rotatable bonds is 6. The van der Waals surface area contributed by atoms with Gasteiger partial charge in [-0.3, -0.25) is 19.7 Å². The molecule has 1 N–H and O–H groups in total. The molecule has 0 bridgehead atoms. The highest BCUT2D eigenvalue weighted by Gasteiger charge is 2.25. The molecule has 1 heterocycles. The number of likely N-dealkylation sites (N-methyl/N-ethyl adjacent to an activating group) is 1. The fraction of sp³-hybridized carbons (Fsp3) is 0.429. The van der Waals surface area contributed by atoms with Crippen LogP contribution in [0.3, 0.4) is 0 Å². The van der Waals surface area contributed by atoms with E-state index in [-0.39, 0.29) is 30.2 Å². The topological polar surface area (TPSA) is 124 Å². The minimum Gasteiger partial charge on any atom is -0.357 e. The first-order valence-corrected chi connectivity index (χ1v) is 7.12. The Kier molecular flexibility index (Phi) is 4.99. The molecule has 122 valence electrons. The number of nitro groups is 1. The second-order valence-corrected chi connectivity index (χ2v) is 5.05. The van der Waals surface area contributed by atoms with Crippen LogP contribution in [0.2, 0.25) is 0 Å². The number of hydrogen-bond donors (Lipinski definition) is 1. The minimum absolute atomic E-state index is 0.0312. The van der Waals surface area contributed by atoms with E-state index in [0.717, 1.165) is 4.68 Å². The summed E-state index contributed by atoms with van der Waals surface area (Å²) in [5.41, 5.74) is -0.862. The van der Waals surface area contributed by atoms with E-state index in [2.05, 4.69) is 10.4 Å². The highest BCUT2D eigenvalue weighted by molar-refractivity contribution is 5.80. The zero-order chi connectivity index (χ0) is 17.0. The maximum absolute atomic E-state index is 12.6. The first-order valence-electron chi connectivity index (χ1n) is 7.12. The van der Waals surface area contributed by atoms with Crippen LogP contribution in [0.15, 0.2) is 11.0 Å². The van der Waals surface area contributed by atoms with Crippen molar-refractivity contribution < 1.29 is 14.5 Å². The van der Waals surface area contributed by atoms with Gasteiger partial charge in [0.1, 0.15) is 17.5 Å². The van der Waals surface area contributed by atoms with Crippen molar-refractivity contribution in [1.29, 1.82) is 0 Å². The summed E-state index contributed by atoms with van der Waals surface area (Å²) in [7, 11) is 1.40. The highest BCUT2D eigenvalue weighted by Crippen LogP contribution is 2.10. The molecule has 1 atom stereocenters. The van der Waals surface area contributed by atoms with Crippen LogP contribution in [-0.2, 0) is 9.59 Å². The van der Waals surface area contributed by atoms with E-state index in [0.29, 0.717) is 17.9 Å². The molecule has 0 radical (unpaired) electrons. The molecule has 0 spiro atoms. The first-order chi connectivity index (χ1) is 11.0. The smallest absolute Gasteiger partial charge is 0.281 e. The van der Waals surface area contributed by atoms with Gasteiger partial charge >= 0.3 is 0 Å². The molecule has 1 unspecified atom stereocenters. The summed E-state index contributed by atoms with van der Waals surface area (Å²) >= 11 is 0. The number of amides is 1. The third kappa shape index (κ3) is 3.17. The predicted octanol–water partition coefficient (Wildman–Crippen LogP) is -1.53. The molecule has 1 aliphatic carbocycles. The van der Waals surface area contributed by atoms with Crippen LogP contribution in [0.25, 0.3) is 11.8 Å². The fourth-order valence-electron chi connectivity index (χ4n) is 2.58. The molecular weight excluding hydrogens is 304 g/mol. The first kappa shape index (κ1) is 16.5. The Morgan fingerprint density at radius 2 is 2.35 bits per heavy atom. The molecule has 0 saturated carbocycles. The number of carbonyl (C=O) groups is 2. The van der Waals surface area contributed by atoms with Crippen molar-refractivity contribution in [3.63, 3.8) is 0 Å². The minimum atomic E-state index is -0.988. The molecule has 9 nitrogen and oxygen atoms in total. The van der Waals surface area contributed by atoms with Gasteiger partial charge in [0.2, 0.25) is 5.91 Å². The number of fused-ring (bicyclic) bond motifs is 1. The van der Waals surface area contributed by atoms with E-state index in [1.165, 1.54) is 13.2 Å². The third-order valence-electron chi connectivity index (χ3n) is 3.69. The van der Waals surface area contributed by atoms with Crippen molar-refractivity contribution in [2.75, 3.05) is 7.05 Å². The molecule has 1 aromatic rings. The maximum atomic E-state index is 12.6. The second-order valence-electron chi connectivity index (χ2n) is 5.05. The number of nitrogens with zero attached hydrogens (tertiary/aromatic N) is 3. The average Bonchev–Trinajstić information content (AvgIpc) is 2.55. The molecule has 0 aromatic carbocycles. The molecular formula is C14H16N4O5. The lowest BCUT2D eigenvalue weighted by molar-refractivity contribution is -0.382. The van der Waals surface area contributed by atoms with Crippen molar-refractivity contribution in [3.8, 4) is 0 Å². The van der Waals surface area contributed by atoms with Crippen molar-refractivity contribution >= 4 is 24.0 Å². The zero-order valence-corrected chi connectivity index (χ0v) is 12.5. The highest BCUT2D eigenvalue weighted by atomic mass is 16.6. The number of aldehydes is 1. The van der Waals surface area contributed by atoms with Gasteiger partial charge in [0.05, 0.1) is 11.1 Å². The van der Waals surface area contributed by atoms with Crippen LogP contribution < -0.4 is 21.3 Å². The predicted molar refractivity (Wildman–Crippen MR) is 80.3 cm³/mol. The SMILES string of the molecule is CNC(=O)C(CCC=O)n1ncc2c(c1=O)=C([N+](=O)[O-])CCC=2. The van der Waals surface area contributed by atoms with E-state index < -0.39 is 22.4 Å². The molecule has 0 aliphatic heterocycles. The normalized spacial score (nSPS) is 14.4. The summed E-state index contributed by atoms with van der Waals surface area (Å²) in [6.07, 6.45) is 4.46. The quantitative estimate of drug-likeness (QED) is 0.385. The Balaban J connectivity index is 2.71. The zero-order valence-electron chi connectivity index (χ0n) is 12.5. The molecule has 1 aromatic heterocycles. The fourth-order valence-corrected chi connectivity index (χ4v) is 2.58. The van der Waals surface area contributed by atoms with Gasteiger partial charge in [0, 0.05) is 25.1 Å². The Morgan fingerprint density at radius 1 is 1.61 bits per heavy atom. The number of aromatic nitrogens is 2. The Labute approximate surface area is 130 Å². The molecule has 1 aliphatic rings. The molecule has 23 heavy (non-hydrogen) atoms. The van der Waals surface area contributed by atoms with E-state index in [1.54, 1.807) is 6.08 Å². The van der Waals surface area contributed by atoms with Gasteiger partial charge < -0.3 is 10.1 Å². The summed E-state index contributed by atoms with van der Waals surface area (Å²) in [6, 6.07) is -0.988. The van der Waals surface area contributed by atoms with Crippen molar-refractivity contribution in [2.45, 2.75) is 31.7 Å². The summed E-state index contributed by atoms with van der Waals surface area (Å²) in [5, 5.41) is 17.9. The number of hydrogen-bond acceptors (Lipinski definition) is 6. The molecule has 9 heteroatoms. The third-order valence-corrected chi connectivity index (χ3v) is 3.69. The monoisotopic (exact) mass is 320 g/mol. The van der Waals surface area contributed by atoms with Gasteiger partial charge in [-0.2, -0.15) is 5.10 Å². The van der Waals surface area contributed by atoms with Crippen molar-refractivity contribution in [3.05, 3.63) is 37.1 Å².